The van der Waals surface area contributed by atoms with Crippen LogP contribution in [0.15, 0.2) is 35.4 Å². The number of ether oxygens (including phenoxy) is 1. The van der Waals surface area contributed by atoms with Crippen molar-refractivity contribution in [3.05, 3.63) is 35.9 Å². The molecule has 1 aromatic heterocycles. The molecule has 3 rings (SSSR count). The molecule has 1 N–H and O–H groups in total. The number of hydrogen-bond acceptors (Lipinski definition) is 4. The Morgan fingerprint density at radius 1 is 1.35 bits per heavy atom. The monoisotopic (exact) mass is 247 g/mol. The summed E-state index contributed by atoms with van der Waals surface area (Å²) in [6.45, 7) is 1.60. The van der Waals surface area contributed by atoms with Crippen molar-refractivity contribution in [1.29, 1.82) is 0 Å². The second-order valence-corrected chi connectivity index (χ2v) is 5.37. The average molecular weight is 247 g/mol. The van der Waals surface area contributed by atoms with Gasteiger partial charge >= 0.3 is 0 Å². The molecule has 4 heteroatoms. The molecular weight excluding hydrogens is 234 g/mol. The second-order valence-electron chi connectivity index (χ2n) is 4.08. The molecule has 2 heterocycles. The third-order valence-electron chi connectivity index (χ3n) is 2.82. The number of thioether (sulfide) groups is 1. The van der Waals surface area contributed by atoms with Crippen molar-refractivity contribution in [2.75, 3.05) is 13.2 Å². The van der Waals surface area contributed by atoms with Gasteiger partial charge in [0.25, 0.3) is 0 Å². The van der Waals surface area contributed by atoms with Gasteiger partial charge in [-0.15, -0.1) is 0 Å². The number of aliphatic hydroxyl groups is 1. The fourth-order valence-electron chi connectivity index (χ4n) is 1.80. The highest BCUT2D eigenvalue weighted by molar-refractivity contribution is 8.00. The van der Waals surface area contributed by atoms with Gasteiger partial charge in [0, 0.05) is 10.9 Å². The maximum atomic E-state index is 9.40. The molecule has 17 heavy (non-hydrogen) atoms. The summed E-state index contributed by atoms with van der Waals surface area (Å²) in [5.41, 5.74) is 1.88. The maximum absolute atomic E-state index is 9.40. The van der Waals surface area contributed by atoms with E-state index < -0.39 is 0 Å². The molecule has 0 radical (unpaired) electrons. The van der Waals surface area contributed by atoms with Crippen LogP contribution in [0.25, 0.3) is 10.9 Å². The highest BCUT2D eigenvalue weighted by Crippen LogP contribution is 2.31. The first kappa shape index (κ1) is 11.0. The molecular formula is C13H13NO2S. The normalized spacial score (nSPS) is 16.1. The maximum Gasteiger partial charge on any atom is 0.103 e. The summed E-state index contributed by atoms with van der Waals surface area (Å²) >= 11 is 1.70. The zero-order valence-electron chi connectivity index (χ0n) is 9.30. The first-order valence-corrected chi connectivity index (χ1v) is 6.49. The van der Waals surface area contributed by atoms with Crippen LogP contribution in [-0.4, -0.2) is 28.6 Å². The van der Waals surface area contributed by atoms with Crippen molar-refractivity contribution in [3.8, 4) is 0 Å². The summed E-state index contributed by atoms with van der Waals surface area (Å²) in [6, 6.07) is 10.00. The van der Waals surface area contributed by atoms with Crippen LogP contribution in [0.1, 0.15) is 5.56 Å². The topological polar surface area (TPSA) is 42.4 Å². The first-order chi connectivity index (χ1) is 8.36. The lowest BCUT2D eigenvalue weighted by Gasteiger charge is -2.25. The molecule has 2 aromatic rings. The number of fused-ring (bicyclic) bond motifs is 1. The molecule has 0 bridgehead atoms. The smallest absolute Gasteiger partial charge is 0.103 e. The Morgan fingerprint density at radius 2 is 2.18 bits per heavy atom. The fraction of sp³-hybridized carbons (Fsp3) is 0.308. The van der Waals surface area contributed by atoms with E-state index in [4.69, 9.17) is 4.74 Å². The average Bonchev–Trinajstić information content (AvgIpc) is 2.32. The minimum Gasteiger partial charge on any atom is -0.392 e. The Bertz CT molecular complexity index is 540. The Balaban J connectivity index is 2.01. The summed E-state index contributed by atoms with van der Waals surface area (Å²) in [5, 5.41) is 11.9. The molecule has 0 aliphatic carbocycles. The lowest BCUT2D eigenvalue weighted by molar-refractivity contribution is 0.0454. The van der Waals surface area contributed by atoms with Crippen LogP contribution in [0.5, 0.6) is 0 Å². The molecule has 0 amide bonds. The van der Waals surface area contributed by atoms with Crippen LogP contribution in [0.3, 0.4) is 0 Å². The van der Waals surface area contributed by atoms with E-state index in [-0.39, 0.29) is 6.61 Å². The van der Waals surface area contributed by atoms with E-state index in [1.165, 1.54) is 0 Å². The van der Waals surface area contributed by atoms with E-state index in [9.17, 15) is 5.11 Å². The predicted molar refractivity (Wildman–Crippen MR) is 68.1 cm³/mol. The van der Waals surface area contributed by atoms with Gasteiger partial charge in [-0.3, -0.25) is 0 Å². The number of rotatable bonds is 3. The number of pyridine rings is 1. The zero-order valence-corrected chi connectivity index (χ0v) is 10.1. The summed E-state index contributed by atoms with van der Waals surface area (Å²) < 4.78 is 5.16. The molecule has 1 fully saturated rings. The molecule has 0 spiro atoms. The standard InChI is InChI=1S/C13H13NO2S/c15-6-10-5-9-3-1-2-4-12(9)14-13(10)17-11-7-16-8-11/h1-5,11,15H,6-8H2. The Kier molecular flexibility index (Phi) is 3.01. The largest absolute Gasteiger partial charge is 0.392 e. The second kappa shape index (κ2) is 4.64. The third kappa shape index (κ3) is 2.16. The van der Waals surface area contributed by atoms with Crippen molar-refractivity contribution in [2.24, 2.45) is 0 Å². The van der Waals surface area contributed by atoms with Crippen molar-refractivity contribution in [2.45, 2.75) is 16.9 Å². The van der Waals surface area contributed by atoms with Gasteiger partial charge in [0.05, 0.1) is 30.6 Å². The molecule has 0 unspecified atom stereocenters. The third-order valence-corrected chi connectivity index (χ3v) is 4.00. The van der Waals surface area contributed by atoms with Gasteiger partial charge in [0.15, 0.2) is 0 Å². The minimum atomic E-state index is 0.0355. The molecule has 3 nitrogen and oxygen atoms in total. The number of benzene rings is 1. The van der Waals surface area contributed by atoms with E-state index >= 15 is 0 Å². The van der Waals surface area contributed by atoms with E-state index in [1.54, 1.807) is 11.8 Å². The lowest BCUT2D eigenvalue weighted by atomic mass is 10.2. The fourth-order valence-corrected chi connectivity index (χ4v) is 2.87. The van der Waals surface area contributed by atoms with Crippen molar-refractivity contribution >= 4 is 22.7 Å². The highest BCUT2D eigenvalue weighted by Gasteiger charge is 2.21. The number of nitrogens with zero attached hydrogens (tertiary/aromatic N) is 1. The molecule has 0 saturated carbocycles. The molecule has 1 aliphatic heterocycles. The number of para-hydroxylation sites is 1. The van der Waals surface area contributed by atoms with Gasteiger partial charge in [-0.2, -0.15) is 0 Å². The number of aromatic nitrogens is 1. The van der Waals surface area contributed by atoms with E-state index in [1.807, 2.05) is 30.3 Å². The van der Waals surface area contributed by atoms with Gasteiger partial charge in [-0.1, -0.05) is 30.0 Å². The molecule has 88 valence electrons. The summed E-state index contributed by atoms with van der Waals surface area (Å²) in [4.78, 5) is 4.62. The van der Waals surface area contributed by atoms with Crippen LogP contribution in [0.4, 0.5) is 0 Å². The van der Waals surface area contributed by atoms with Crippen molar-refractivity contribution in [3.63, 3.8) is 0 Å². The number of hydrogen-bond donors (Lipinski definition) is 1. The summed E-state index contributed by atoms with van der Waals surface area (Å²) in [6.07, 6.45) is 0. The van der Waals surface area contributed by atoms with Crippen LogP contribution in [0.2, 0.25) is 0 Å². The molecule has 1 aliphatic rings. The Hall–Kier alpha value is -1.10. The van der Waals surface area contributed by atoms with Gasteiger partial charge < -0.3 is 9.84 Å². The lowest BCUT2D eigenvalue weighted by Crippen LogP contribution is -2.30. The van der Waals surface area contributed by atoms with Crippen LogP contribution in [-0.2, 0) is 11.3 Å². The minimum absolute atomic E-state index is 0.0355. The van der Waals surface area contributed by atoms with Gasteiger partial charge in [-0.05, 0) is 12.1 Å². The van der Waals surface area contributed by atoms with Crippen LogP contribution in [0, 0.1) is 0 Å². The Morgan fingerprint density at radius 3 is 2.88 bits per heavy atom. The highest BCUT2D eigenvalue weighted by atomic mass is 32.2. The zero-order chi connectivity index (χ0) is 11.7. The van der Waals surface area contributed by atoms with Gasteiger partial charge in [0.1, 0.15) is 5.03 Å². The number of aliphatic hydroxyl groups excluding tert-OH is 1. The summed E-state index contributed by atoms with van der Waals surface area (Å²) in [5.74, 6) is 0. The first-order valence-electron chi connectivity index (χ1n) is 5.61. The predicted octanol–water partition coefficient (Wildman–Crippen LogP) is 2.22. The quantitative estimate of drug-likeness (QED) is 0.903. The SMILES string of the molecule is OCc1cc2ccccc2nc1SC1COC1. The van der Waals surface area contributed by atoms with E-state index in [0.29, 0.717) is 5.25 Å². The molecule has 1 aromatic carbocycles. The van der Waals surface area contributed by atoms with Crippen molar-refractivity contribution < 1.29 is 9.84 Å². The Labute approximate surface area is 104 Å². The van der Waals surface area contributed by atoms with Gasteiger partial charge in [0.2, 0.25) is 0 Å². The van der Waals surface area contributed by atoms with Crippen LogP contribution >= 0.6 is 11.8 Å². The van der Waals surface area contributed by atoms with Crippen molar-refractivity contribution in [1.82, 2.24) is 4.98 Å². The van der Waals surface area contributed by atoms with Gasteiger partial charge in [-0.25, -0.2) is 4.98 Å². The van der Waals surface area contributed by atoms with E-state index in [2.05, 4.69) is 4.98 Å². The molecule has 1 saturated heterocycles. The summed E-state index contributed by atoms with van der Waals surface area (Å²) in [7, 11) is 0. The van der Waals surface area contributed by atoms with Crippen LogP contribution < -0.4 is 0 Å². The van der Waals surface area contributed by atoms with E-state index in [0.717, 1.165) is 34.7 Å². The molecule has 0 atom stereocenters.